The Morgan fingerprint density at radius 2 is 1.38 bits per heavy atom. The van der Waals surface area contributed by atoms with Crippen LogP contribution in [0.15, 0.2) is 78.4 Å². The summed E-state index contributed by atoms with van der Waals surface area (Å²) in [5.74, 6) is 0. The van der Waals surface area contributed by atoms with Crippen molar-refractivity contribution in [2.45, 2.75) is 82.4 Å². The molecule has 1 aliphatic carbocycles. The molecule has 0 saturated heterocycles. The van der Waals surface area contributed by atoms with Crippen molar-refractivity contribution in [1.82, 2.24) is 0 Å². The van der Waals surface area contributed by atoms with Crippen molar-refractivity contribution >= 4 is 72.8 Å². The van der Waals surface area contributed by atoms with Gasteiger partial charge in [0.25, 0.3) is 0 Å². The average Bonchev–Trinajstić information content (AvgIpc) is 3.54. The molecule has 0 radical (unpaired) electrons. The van der Waals surface area contributed by atoms with Crippen molar-refractivity contribution in [1.29, 1.82) is 0 Å². The number of hydrogen-bond acceptors (Lipinski definition) is 0. The molecule has 0 saturated carbocycles. The van der Waals surface area contributed by atoms with E-state index in [2.05, 4.69) is 132 Å². The molecule has 0 nitrogen and oxygen atoms in total. The number of hydrogen-bond donors (Lipinski definition) is 0. The van der Waals surface area contributed by atoms with E-state index < -0.39 is 43.5 Å². The number of rotatable bonds is 9. The van der Waals surface area contributed by atoms with Gasteiger partial charge in [0.2, 0.25) is 0 Å². The van der Waals surface area contributed by atoms with E-state index in [1.165, 1.54) is 58.2 Å². The Hall–Kier alpha value is -1.27. The molecule has 0 fully saturated rings. The van der Waals surface area contributed by atoms with Crippen molar-refractivity contribution in [3.8, 4) is 22.3 Å². The molecular weight excluding hydrogens is 715 g/mol. The summed E-state index contributed by atoms with van der Waals surface area (Å²) in [6.45, 7) is 19.5. The van der Waals surface area contributed by atoms with Crippen LogP contribution in [0.3, 0.4) is 0 Å². The van der Waals surface area contributed by atoms with Gasteiger partial charge in [0.05, 0.1) is 0 Å². The van der Waals surface area contributed by atoms with E-state index >= 15 is 0 Å². The van der Waals surface area contributed by atoms with Crippen molar-refractivity contribution in [3.05, 3.63) is 95.1 Å². The Bertz CT molecular complexity index is 1780. The molecule has 0 N–H and O–H groups in total. The quantitative estimate of drug-likeness (QED) is 0.132. The van der Waals surface area contributed by atoms with Gasteiger partial charge in [-0.1, -0.05) is 0 Å². The van der Waals surface area contributed by atoms with Gasteiger partial charge in [0, 0.05) is 0 Å². The van der Waals surface area contributed by atoms with Crippen LogP contribution in [0, 0.1) is 0 Å². The minimum atomic E-state index is -4.01. The second-order valence-electron chi connectivity index (χ2n) is 15.3. The Balaban J connectivity index is 1.57. The molecule has 4 aromatic rings. The zero-order valence-corrected chi connectivity index (χ0v) is 35.8. The third-order valence-corrected chi connectivity index (χ3v) is 28.4. The van der Waals surface area contributed by atoms with Crippen molar-refractivity contribution in [2.75, 3.05) is 0 Å². The first-order valence-corrected chi connectivity index (χ1v) is 34.3. The number of aryl methyl sites for hydroxylation is 1. The normalized spacial score (nSPS) is 16.5. The molecule has 2 aliphatic rings. The molecule has 1 unspecified atom stereocenters. The van der Waals surface area contributed by atoms with Gasteiger partial charge in [-0.3, -0.25) is 0 Å². The summed E-state index contributed by atoms with van der Waals surface area (Å²) in [5, 5.41) is 6.17. The van der Waals surface area contributed by atoms with E-state index in [4.69, 9.17) is 17.0 Å². The first-order chi connectivity index (χ1) is 21.3. The predicted octanol–water partition coefficient (Wildman–Crippen LogP) is 8.52. The Morgan fingerprint density at radius 3 is 2.02 bits per heavy atom. The number of benzene rings is 4. The molecular formula is C39H48Cl2Si3Zr. The van der Waals surface area contributed by atoms with Crippen molar-refractivity contribution < 1.29 is 17.9 Å². The first-order valence-electron chi connectivity index (χ1n) is 16.9. The van der Waals surface area contributed by atoms with E-state index in [-0.39, 0.29) is 3.63 Å². The SMILES string of the molecule is CCCC1=Cc2c(ccc(CCC)c2-c2cc([Si](C)(C)C)cc([Si](C)(C)C)c2)[CH]1[Zr]([Cl])([Cl])[c]1cccc2c1[SiH2]c1ccccc1-2. The monoisotopic (exact) mass is 760 g/mol. The van der Waals surface area contributed by atoms with Crippen molar-refractivity contribution in [3.63, 3.8) is 0 Å². The van der Waals surface area contributed by atoms with E-state index in [1.54, 1.807) is 10.4 Å². The molecule has 1 heterocycles. The fraction of sp³-hybridized carbons (Fsp3) is 0.333. The number of halogens is 2. The van der Waals surface area contributed by atoms with E-state index in [0.29, 0.717) is 0 Å². The summed E-state index contributed by atoms with van der Waals surface area (Å²) in [4.78, 5) is 0. The Morgan fingerprint density at radius 1 is 0.733 bits per heavy atom. The zero-order chi connectivity index (χ0) is 32.3. The molecule has 0 aromatic heterocycles. The number of allylic oxidation sites excluding steroid dienone is 1. The molecule has 234 valence electrons. The maximum atomic E-state index is 7.99. The van der Waals surface area contributed by atoms with Crippen LogP contribution in [-0.2, 0) is 24.3 Å². The summed E-state index contributed by atoms with van der Waals surface area (Å²) < 4.78 is 1.46. The van der Waals surface area contributed by atoms with Crippen LogP contribution in [0.25, 0.3) is 28.3 Å². The van der Waals surface area contributed by atoms with Gasteiger partial charge in [-0.15, -0.1) is 0 Å². The predicted molar refractivity (Wildman–Crippen MR) is 208 cm³/mol. The summed E-state index contributed by atoms with van der Waals surface area (Å²) >= 11 is -4.01. The second kappa shape index (κ2) is 12.6. The molecule has 6 rings (SSSR count). The van der Waals surface area contributed by atoms with E-state index in [9.17, 15) is 0 Å². The van der Waals surface area contributed by atoms with E-state index in [1.807, 2.05) is 0 Å². The third-order valence-electron chi connectivity index (χ3n) is 9.96. The zero-order valence-electron chi connectivity index (χ0n) is 28.4. The minimum absolute atomic E-state index is 0.132. The standard InChI is InChI=1S/C27H39Si2.C12H9Si.2ClH.Zr/c1-9-11-20-15-22-14-13-21(12-10-2)27(26(22)16-20)23-17-24(28(3,4)5)19-25(18-23)29(6,7)8;1-3-7-11-9(5-1)10-6-2-4-8-12(10)13-11;;;/h13-19H,9-12H2,1-8H3;1-7H,13H2;2*1H;/q;;;;+2/p-2. The summed E-state index contributed by atoms with van der Waals surface area (Å²) in [6.07, 6.45) is 6.89. The van der Waals surface area contributed by atoms with Crippen LogP contribution in [0.1, 0.15) is 53.4 Å². The molecule has 1 atom stereocenters. The van der Waals surface area contributed by atoms with Crippen LogP contribution in [-0.4, -0.2) is 25.7 Å². The Labute approximate surface area is 288 Å². The molecule has 45 heavy (non-hydrogen) atoms. The van der Waals surface area contributed by atoms with Gasteiger partial charge in [0.15, 0.2) is 0 Å². The van der Waals surface area contributed by atoms with Crippen LogP contribution >= 0.6 is 17.0 Å². The van der Waals surface area contributed by atoms with E-state index in [0.717, 1.165) is 25.7 Å². The van der Waals surface area contributed by atoms with Crippen LogP contribution < -0.4 is 24.0 Å². The van der Waals surface area contributed by atoms with Gasteiger partial charge in [-0.2, -0.15) is 0 Å². The molecule has 1 aliphatic heterocycles. The average molecular weight is 763 g/mol. The summed E-state index contributed by atoms with van der Waals surface area (Å²) in [5.41, 5.74) is 11.4. The van der Waals surface area contributed by atoms with Gasteiger partial charge in [-0.25, -0.2) is 0 Å². The molecule has 6 heteroatoms. The number of fused-ring (bicyclic) bond motifs is 4. The third kappa shape index (κ3) is 6.22. The van der Waals surface area contributed by atoms with Gasteiger partial charge in [-0.05, 0) is 0 Å². The Kier molecular flexibility index (Phi) is 9.45. The fourth-order valence-corrected chi connectivity index (χ4v) is 26.9. The van der Waals surface area contributed by atoms with Gasteiger partial charge < -0.3 is 0 Å². The topological polar surface area (TPSA) is 0 Å². The fourth-order valence-electron chi connectivity index (χ4n) is 7.57. The van der Waals surface area contributed by atoms with Crippen LogP contribution in [0.2, 0.25) is 39.3 Å². The molecule has 0 spiro atoms. The van der Waals surface area contributed by atoms with Crippen molar-refractivity contribution in [2.24, 2.45) is 0 Å². The molecule has 0 amide bonds. The maximum absolute atomic E-state index is 7.99. The summed E-state index contributed by atoms with van der Waals surface area (Å²) in [7, 11) is 12.3. The van der Waals surface area contributed by atoms with Gasteiger partial charge >= 0.3 is 290 Å². The molecule has 0 bridgehead atoms. The molecule has 4 aromatic carbocycles. The van der Waals surface area contributed by atoms with Gasteiger partial charge in [0.1, 0.15) is 0 Å². The van der Waals surface area contributed by atoms with Crippen LogP contribution in [0.4, 0.5) is 0 Å². The first kappa shape index (κ1) is 33.6. The van der Waals surface area contributed by atoms with Crippen LogP contribution in [0.5, 0.6) is 0 Å². The second-order valence-corrected chi connectivity index (χ2v) is 41.3. The summed E-state index contributed by atoms with van der Waals surface area (Å²) in [6, 6.07) is 28.3.